The second-order valence-electron chi connectivity index (χ2n) is 4.95. The van der Waals surface area contributed by atoms with Crippen molar-refractivity contribution in [2.75, 3.05) is 20.3 Å². The van der Waals surface area contributed by atoms with E-state index >= 15 is 0 Å². The van der Waals surface area contributed by atoms with E-state index < -0.39 is 12.8 Å². The van der Waals surface area contributed by atoms with Gasteiger partial charge in [-0.1, -0.05) is 0 Å². The predicted octanol–water partition coefficient (Wildman–Crippen LogP) is 2.74. The molecule has 6 heteroatoms. The molecule has 0 saturated heterocycles. The second-order valence-corrected chi connectivity index (χ2v) is 4.95. The first-order valence-corrected chi connectivity index (χ1v) is 6.47. The Morgan fingerprint density at radius 1 is 1.47 bits per heavy atom. The van der Waals surface area contributed by atoms with Crippen molar-refractivity contribution in [1.29, 1.82) is 0 Å². The molecule has 0 amide bonds. The standard InChI is InChI=1S/C13H19F3N2O/c1-17-12(10-2-3-10)11-4-5-18(8-11)6-7-19-9-13(14,15)16/h4-5,8,10,12,17H,2-3,6-7,9H2,1H3. The molecule has 1 heterocycles. The molecule has 1 aliphatic carbocycles. The summed E-state index contributed by atoms with van der Waals surface area (Å²) in [6.45, 7) is -0.666. The maximum absolute atomic E-state index is 11.9. The highest BCUT2D eigenvalue weighted by molar-refractivity contribution is 5.18. The van der Waals surface area contributed by atoms with Gasteiger partial charge in [0.05, 0.1) is 6.61 Å². The van der Waals surface area contributed by atoms with Crippen LogP contribution in [0.4, 0.5) is 13.2 Å². The molecule has 19 heavy (non-hydrogen) atoms. The van der Waals surface area contributed by atoms with E-state index in [4.69, 9.17) is 0 Å². The molecular weight excluding hydrogens is 257 g/mol. The molecule has 0 radical (unpaired) electrons. The van der Waals surface area contributed by atoms with Crippen molar-refractivity contribution in [1.82, 2.24) is 9.88 Å². The minimum absolute atomic E-state index is 0.0707. The number of nitrogens with zero attached hydrogens (tertiary/aromatic N) is 1. The Kier molecular flexibility index (Phi) is 4.52. The van der Waals surface area contributed by atoms with E-state index in [9.17, 15) is 13.2 Å². The molecule has 1 fully saturated rings. The molecule has 0 aromatic carbocycles. The van der Waals surface area contributed by atoms with Gasteiger partial charge >= 0.3 is 6.18 Å². The SMILES string of the molecule is CNC(c1ccn(CCOCC(F)(F)F)c1)C1CC1. The Balaban J connectivity index is 1.77. The molecule has 108 valence electrons. The van der Waals surface area contributed by atoms with Crippen molar-refractivity contribution < 1.29 is 17.9 Å². The maximum atomic E-state index is 11.9. The Hall–Kier alpha value is -1.01. The lowest BCUT2D eigenvalue weighted by atomic mass is 10.1. The van der Waals surface area contributed by atoms with E-state index in [-0.39, 0.29) is 6.61 Å². The normalized spacial score (nSPS) is 17.7. The summed E-state index contributed by atoms with van der Waals surface area (Å²) in [6.07, 6.45) is 2.11. The predicted molar refractivity (Wildman–Crippen MR) is 65.8 cm³/mol. The van der Waals surface area contributed by atoms with Crippen LogP contribution in [0.15, 0.2) is 18.5 Å². The molecule has 3 nitrogen and oxygen atoms in total. The summed E-state index contributed by atoms with van der Waals surface area (Å²) in [4.78, 5) is 0. The van der Waals surface area contributed by atoms with E-state index in [0.717, 1.165) is 0 Å². The smallest absolute Gasteiger partial charge is 0.370 e. The Morgan fingerprint density at radius 3 is 2.79 bits per heavy atom. The van der Waals surface area contributed by atoms with Gasteiger partial charge in [0.2, 0.25) is 0 Å². The van der Waals surface area contributed by atoms with Crippen LogP contribution in [0.1, 0.15) is 24.4 Å². The molecule has 1 N–H and O–H groups in total. The van der Waals surface area contributed by atoms with E-state index in [1.165, 1.54) is 18.4 Å². The van der Waals surface area contributed by atoms with Gasteiger partial charge in [-0.2, -0.15) is 13.2 Å². The summed E-state index contributed by atoms with van der Waals surface area (Å²) >= 11 is 0. The summed E-state index contributed by atoms with van der Waals surface area (Å²) in [5.74, 6) is 0.697. The number of aromatic nitrogens is 1. The second kappa shape index (κ2) is 5.96. The highest BCUT2D eigenvalue weighted by Crippen LogP contribution is 2.40. The van der Waals surface area contributed by atoms with Crippen LogP contribution in [0.3, 0.4) is 0 Å². The lowest BCUT2D eigenvalue weighted by molar-refractivity contribution is -0.174. The lowest BCUT2D eigenvalue weighted by Gasteiger charge is -2.13. The van der Waals surface area contributed by atoms with Gasteiger partial charge in [-0.25, -0.2) is 0 Å². The molecule has 1 aliphatic rings. The van der Waals surface area contributed by atoms with Gasteiger partial charge in [-0.05, 0) is 37.4 Å². The van der Waals surface area contributed by atoms with Crippen molar-refractivity contribution in [3.05, 3.63) is 24.0 Å². The van der Waals surface area contributed by atoms with Gasteiger partial charge in [0, 0.05) is 25.0 Å². The number of alkyl halides is 3. The first-order valence-electron chi connectivity index (χ1n) is 6.47. The molecule has 1 aromatic heterocycles. The monoisotopic (exact) mass is 276 g/mol. The molecule has 1 saturated carbocycles. The van der Waals surface area contributed by atoms with Crippen molar-refractivity contribution in [2.45, 2.75) is 31.6 Å². The van der Waals surface area contributed by atoms with Gasteiger partial charge in [-0.15, -0.1) is 0 Å². The van der Waals surface area contributed by atoms with Crippen molar-refractivity contribution in [3.8, 4) is 0 Å². The third-order valence-electron chi connectivity index (χ3n) is 3.30. The van der Waals surface area contributed by atoms with E-state index in [0.29, 0.717) is 18.5 Å². The molecule has 0 aliphatic heterocycles. The van der Waals surface area contributed by atoms with Crippen LogP contribution in [0.25, 0.3) is 0 Å². The third-order valence-corrected chi connectivity index (χ3v) is 3.30. The fraction of sp³-hybridized carbons (Fsp3) is 0.692. The average Bonchev–Trinajstić information content (AvgIpc) is 3.04. The molecule has 1 atom stereocenters. The number of halogens is 3. The van der Waals surface area contributed by atoms with Gasteiger partial charge in [0.25, 0.3) is 0 Å². The molecule has 1 aromatic rings. The zero-order chi connectivity index (χ0) is 13.9. The quantitative estimate of drug-likeness (QED) is 0.775. The van der Waals surface area contributed by atoms with Gasteiger partial charge in [0.1, 0.15) is 6.61 Å². The van der Waals surface area contributed by atoms with Gasteiger partial charge in [0.15, 0.2) is 0 Å². The summed E-state index contributed by atoms with van der Waals surface area (Å²) in [5, 5.41) is 3.29. The highest BCUT2D eigenvalue weighted by atomic mass is 19.4. The van der Waals surface area contributed by atoms with Gasteiger partial charge in [-0.3, -0.25) is 0 Å². The average molecular weight is 276 g/mol. The largest absolute Gasteiger partial charge is 0.411 e. The Bertz CT molecular complexity index is 399. The van der Waals surface area contributed by atoms with E-state index in [1.807, 2.05) is 30.1 Å². The summed E-state index contributed by atoms with van der Waals surface area (Å²) in [5.41, 5.74) is 1.20. The molecule has 2 rings (SSSR count). The van der Waals surface area contributed by atoms with Crippen molar-refractivity contribution >= 4 is 0 Å². The topological polar surface area (TPSA) is 26.2 Å². The summed E-state index contributed by atoms with van der Waals surface area (Å²) in [6, 6.07) is 2.38. The van der Waals surface area contributed by atoms with Crippen LogP contribution in [0, 0.1) is 5.92 Å². The molecule has 0 bridgehead atoms. The van der Waals surface area contributed by atoms with E-state index in [1.54, 1.807) is 0 Å². The zero-order valence-corrected chi connectivity index (χ0v) is 10.9. The molecule has 0 spiro atoms. The fourth-order valence-corrected chi connectivity index (χ4v) is 2.24. The fourth-order valence-electron chi connectivity index (χ4n) is 2.24. The number of rotatable bonds is 7. The van der Waals surface area contributed by atoms with Crippen LogP contribution in [0.5, 0.6) is 0 Å². The Morgan fingerprint density at radius 2 is 2.21 bits per heavy atom. The number of hydrogen-bond donors (Lipinski definition) is 1. The van der Waals surface area contributed by atoms with Crippen LogP contribution < -0.4 is 5.32 Å². The minimum atomic E-state index is -4.24. The Labute approximate surface area is 110 Å². The number of nitrogens with one attached hydrogen (secondary N) is 1. The molecular formula is C13H19F3N2O. The summed E-state index contributed by atoms with van der Waals surface area (Å²) in [7, 11) is 1.94. The van der Waals surface area contributed by atoms with Gasteiger partial charge < -0.3 is 14.6 Å². The van der Waals surface area contributed by atoms with Crippen LogP contribution >= 0.6 is 0 Å². The first kappa shape index (κ1) is 14.4. The highest BCUT2D eigenvalue weighted by Gasteiger charge is 2.31. The zero-order valence-electron chi connectivity index (χ0n) is 10.9. The first-order chi connectivity index (χ1) is 8.99. The van der Waals surface area contributed by atoms with Crippen LogP contribution in [-0.4, -0.2) is 31.0 Å². The lowest BCUT2D eigenvalue weighted by Crippen LogP contribution is -2.19. The van der Waals surface area contributed by atoms with Crippen LogP contribution in [-0.2, 0) is 11.3 Å². The maximum Gasteiger partial charge on any atom is 0.411 e. The minimum Gasteiger partial charge on any atom is -0.370 e. The number of hydrogen-bond acceptors (Lipinski definition) is 2. The third kappa shape index (κ3) is 4.54. The van der Waals surface area contributed by atoms with Crippen LogP contribution in [0.2, 0.25) is 0 Å². The molecule has 1 unspecified atom stereocenters. The van der Waals surface area contributed by atoms with Crippen molar-refractivity contribution in [3.63, 3.8) is 0 Å². The van der Waals surface area contributed by atoms with E-state index in [2.05, 4.69) is 10.1 Å². The summed E-state index contributed by atoms with van der Waals surface area (Å²) < 4.78 is 42.1. The number of ether oxygens (including phenoxy) is 1. The van der Waals surface area contributed by atoms with Crippen molar-refractivity contribution in [2.24, 2.45) is 5.92 Å².